The van der Waals surface area contributed by atoms with E-state index in [0.717, 1.165) is 16.9 Å². The number of thioether (sulfide) groups is 1. The standard InChI is InChI=1S/C23H19ClN4O3S/c1-15-19(11-12-31-15)21-26-27-23(28(21)13-16-5-3-2-4-6-16)32-14-20(29)25-22(30)17-7-9-18(24)10-8-17/h2-12H,13-14H2,1H3,(H,25,29,30). The van der Waals surface area contributed by atoms with E-state index < -0.39 is 11.8 Å². The van der Waals surface area contributed by atoms with Crippen molar-refractivity contribution in [1.29, 1.82) is 0 Å². The number of aromatic nitrogens is 3. The molecule has 32 heavy (non-hydrogen) atoms. The summed E-state index contributed by atoms with van der Waals surface area (Å²) in [5, 5.41) is 12.1. The number of rotatable bonds is 7. The number of hydrogen-bond acceptors (Lipinski definition) is 6. The van der Waals surface area contributed by atoms with E-state index in [1.54, 1.807) is 30.5 Å². The molecule has 0 aliphatic rings. The second kappa shape index (κ2) is 9.84. The van der Waals surface area contributed by atoms with E-state index in [2.05, 4.69) is 15.5 Å². The minimum absolute atomic E-state index is 0.0105. The quantitative estimate of drug-likeness (QED) is 0.400. The molecular weight excluding hydrogens is 448 g/mol. The number of imide groups is 1. The molecule has 0 unspecified atom stereocenters. The van der Waals surface area contributed by atoms with Crippen LogP contribution in [0.15, 0.2) is 76.5 Å². The highest BCUT2D eigenvalue weighted by Crippen LogP contribution is 2.28. The third-order valence-electron chi connectivity index (χ3n) is 4.69. The van der Waals surface area contributed by atoms with E-state index in [1.165, 1.54) is 11.8 Å². The Balaban J connectivity index is 1.49. The van der Waals surface area contributed by atoms with Crippen molar-refractivity contribution >= 4 is 35.2 Å². The lowest BCUT2D eigenvalue weighted by Gasteiger charge is -2.10. The molecule has 2 heterocycles. The van der Waals surface area contributed by atoms with E-state index in [9.17, 15) is 9.59 Å². The number of nitrogens with zero attached hydrogens (tertiary/aromatic N) is 3. The van der Waals surface area contributed by atoms with Gasteiger partial charge in [-0.1, -0.05) is 53.7 Å². The molecule has 0 saturated carbocycles. The van der Waals surface area contributed by atoms with Crippen LogP contribution in [0.5, 0.6) is 0 Å². The van der Waals surface area contributed by atoms with Gasteiger partial charge in [0.05, 0.1) is 24.1 Å². The Morgan fingerprint density at radius 1 is 1.06 bits per heavy atom. The summed E-state index contributed by atoms with van der Waals surface area (Å²) in [5.41, 5.74) is 2.26. The van der Waals surface area contributed by atoms with Crippen LogP contribution in [0.3, 0.4) is 0 Å². The van der Waals surface area contributed by atoms with Gasteiger partial charge in [0.1, 0.15) is 5.76 Å². The molecule has 162 valence electrons. The summed E-state index contributed by atoms with van der Waals surface area (Å²) in [6.45, 7) is 2.39. The van der Waals surface area contributed by atoms with Gasteiger partial charge >= 0.3 is 0 Å². The van der Waals surface area contributed by atoms with Gasteiger partial charge in [0.25, 0.3) is 5.91 Å². The van der Waals surface area contributed by atoms with Crippen LogP contribution in [-0.2, 0) is 11.3 Å². The molecule has 9 heteroatoms. The summed E-state index contributed by atoms with van der Waals surface area (Å²) >= 11 is 7.05. The first-order valence-electron chi connectivity index (χ1n) is 9.75. The van der Waals surface area contributed by atoms with Crippen molar-refractivity contribution in [3.8, 4) is 11.4 Å². The summed E-state index contributed by atoms with van der Waals surface area (Å²) in [5.74, 6) is 0.490. The normalized spacial score (nSPS) is 10.8. The lowest BCUT2D eigenvalue weighted by Crippen LogP contribution is -2.31. The lowest BCUT2D eigenvalue weighted by atomic mass is 10.2. The number of carbonyl (C=O) groups is 2. The molecule has 1 N–H and O–H groups in total. The topological polar surface area (TPSA) is 90.0 Å². The first-order chi connectivity index (χ1) is 15.5. The highest BCUT2D eigenvalue weighted by molar-refractivity contribution is 7.99. The molecule has 4 aromatic rings. The first-order valence-corrected chi connectivity index (χ1v) is 11.1. The van der Waals surface area contributed by atoms with E-state index in [0.29, 0.717) is 28.1 Å². The highest BCUT2D eigenvalue weighted by Gasteiger charge is 2.19. The summed E-state index contributed by atoms with van der Waals surface area (Å²) in [6.07, 6.45) is 1.61. The predicted octanol–water partition coefficient (Wildman–Crippen LogP) is 4.60. The zero-order valence-corrected chi connectivity index (χ0v) is 18.7. The molecule has 0 radical (unpaired) electrons. The molecule has 2 amide bonds. The van der Waals surface area contributed by atoms with Crippen LogP contribution in [0.25, 0.3) is 11.4 Å². The van der Waals surface area contributed by atoms with E-state index in [4.69, 9.17) is 16.0 Å². The van der Waals surface area contributed by atoms with Crippen LogP contribution in [0.2, 0.25) is 5.02 Å². The fourth-order valence-electron chi connectivity index (χ4n) is 3.09. The Bertz CT molecular complexity index is 1240. The van der Waals surface area contributed by atoms with E-state index in [-0.39, 0.29) is 5.75 Å². The number of hydrogen-bond donors (Lipinski definition) is 1. The molecule has 0 aliphatic carbocycles. The van der Waals surface area contributed by atoms with Crippen LogP contribution in [-0.4, -0.2) is 32.3 Å². The van der Waals surface area contributed by atoms with Gasteiger partial charge in [0.15, 0.2) is 11.0 Å². The second-order valence-corrected chi connectivity index (χ2v) is 8.32. The van der Waals surface area contributed by atoms with Crippen molar-refractivity contribution < 1.29 is 14.0 Å². The fraction of sp³-hybridized carbons (Fsp3) is 0.130. The third kappa shape index (κ3) is 5.09. The summed E-state index contributed by atoms with van der Waals surface area (Å²) < 4.78 is 7.36. The summed E-state index contributed by atoms with van der Waals surface area (Å²) in [6, 6.07) is 18.1. The molecule has 0 atom stereocenters. The van der Waals surface area contributed by atoms with Gasteiger partial charge in [0, 0.05) is 10.6 Å². The first kappa shape index (κ1) is 21.9. The largest absolute Gasteiger partial charge is 0.469 e. The van der Waals surface area contributed by atoms with Crippen LogP contribution >= 0.6 is 23.4 Å². The number of amides is 2. The SMILES string of the molecule is Cc1occc1-c1nnc(SCC(=O)NC(=O)c2ccc(Cl)cc2)n1Cc1ccccc1. The van der Waals surface area contributed by atoms with Crippen LogP contribution in [0.1, 0.15) is 21.7 Å². The minimum atomic E-state index is -0.479. The Labute approximate surface area is 193 Å². The van der Waals surface area contributed by atoms with Crippen molar-refractivity contribution in [2.24, 2.45) is 0 Å². The lowest BCUT2D eigenvalue weighted by molar-refractivity contribution is -0.117. The van der Waals surface area contributed by atoms with Crippen LogP contribution in [0, 0.1) is 6.92 Å². The minimum Gasteiger partial charge on any atom is -0.469 e. The Hall–Kier alpha value is -3.36. The fourth-order valence-corrected chi connectivity index (χ4v) is 3.95. The van der Waals surface area contributed by atoms with Gasteiger partial charge in [-0.3, -0.25) is 19.5 Å². The molecule has 0 aliphatic heterocycles. The van der Waals surface area contributed by atoms with E-state index in [1.807, 2.05) is 47.9 Å². The van der Waals surface area contributed by atoms with Crippen molar-refractivity contribution in [2.45, 2.75) is 18.6 Å². The van der Waals surface area contributed by atoms with Crippen LogP contribution < -0.4 is 5.32 Å². The maximum atomic E-state index is 12.4. The number of aryl methyl sites for hydroxylation is 1. The van der Waals surface area contributed by atoms with Crippen molar-refractivity contribution in [2.75, 3.05) is 5.75 Å². The average molecular weight is 467 g/mol. The van der Waals surface area contributed by atoms with Crippen molar-refractivity contribution in [3.63, 3.8) is 0 Å². The highest BCUT2D eigenvalue weighted by atomic mass is 35.5. The number of carbonyl (C=O) groups excluding carboxylic acids is 2. The van der Waals surface area contributed by atoms with Gasteiger partial charge in [-0.2, -0.15) is 0 Å². The zero-order chi connectivity index (χ0) is 22.5. The average Bonchev–Trinajstić information content (AvgIpc) is 3.39. The van der Waals surface area contributed by atoms with Gasteiger partial charge in [-0.05, 0) is 42.8 Å². The van der Waals surface area contributed by atoms with Gasteiger partial charge in [0.2, 0.25) is 5.91 Å². The molecular formula is C23H19ClN4O3S. The maximum absolute atomic E-state index is 12.4. The molecule has 0 fully saturated rings. The Morgan fingerprint density at radius 2 is 1.81 bits per heavy atom. The van der Waals surface area contributed by atoms with Gasteiger partial charge < -0.3 is 4.42 Å². The predicted molar refractivity (Wildman–Crippen MR) is 123 cm³/mol. The number of furan rings is 1. The van der Waals surface area contributed by atoms with Gasteiger partial charge in [-0.15, -0.1) is 10.2 Å². The smallest absolute Gasteiger partial charge is 0.257 e. The number of nitrogens with one attached hydrogen (secondary N) is 1. The maximum Gasteiger partial charge on any atom is 0.257 e. The number of benzene rings is 2. The molecule has 2 aromatic heterocycles. The molecule has 0 bridgehead atoms. The Morgan fingerprint density at radius 3 is 2.50 bits per heavy atom. The molecule has 2 aromatic carbocycles. The monoisotopic (exact) mass is 466 g/mol. The van der Waals surface area contributed by atoms with Crippen LogP contribution in [0.4, 0.5) is 0 Å². The molecule has 4 rings (SSSR count). The molecule has 0 saturated heterocycles. The molecule has 7 nitrogen and oxygen atoms in total. The number of halogens is 1. The Kier molecular flexibility index (Phi) is 6.72. The second-order valence-electron chi connectivity index (χ2n) is 6.94. The van der Waals surface area contributed by atoms with E-state index >= 15 is 0 Å². The zero-order valence-electron chi connectivity index (χ0n) is 17.1. The summed E-state index contributed by atoms with van der Waals surface area (Å²) in [7, 11) is 0. The molecule has 0 spiro atoms. The third-order valence-corrected chi connectivity index (χ3v) is 5.91. The van der Waals surface area contributed by atoms with Crippen molar-refractivity contribution in [3.05, 3.63) is 88.8 Å². The van der Waals surface area contributed by atoms with Gasteiger partial charge in [-0.25, -0.2) is 0 Å². The summed E-state index contributed by atoms with van der Waals surface area (Å²) in [4.78, 5) is 24.6. The van der Waals surface area contributed by atoms with Crippen molar-refractivity contribution in [1.82, 2.24) is 20.1 Å².